The Kier molecular flexibility index (Phi) is 6.10. The normalized spacial score (nSPS) is 15.9. The van der Waals surface area contributed by atoms with Crippen LogP contribution in [-0.4, -0.2) is 28.6 Å². The Morgan fingerprint density at radius 1 is 0.941 bits per heavy atom. The zero-order valence-electron chi connectivity index (χ0n) is 20.1. The second kappa shape index (κ2) is 9.34. The summed E-state index contributed by atoms with van der Waals surface area (Å²) in [7, 11) is 0. The van der Waals surface area contributed by atoms with E-state index in [2.05, 4.69) is 73.9 Å². The fourth-order valence-corrected chi connectivity index (χ4v) is 5.00. The first-order chi connectivity index (χ1) is 16.5. The lowest BCUT2D eigenvalue weighted by Crippen LogP contribution is -2.24. The van der Waals surface area contributed by atoms with E-state index in [9.17, 15) is 4.79 Å². The summed E-state index contributed by atoms with van der Waals surface area (Å²) in [6, 6.07) is 22.7. The van der Waals surface area contributed by atoms with Gasteiger partial charge in [-0.3, -0.25) is 4.79 Å². The minimum Gasteiger partial charge on any atom is -0.494 e. The van der Waals surface area contributed by atoms with E-state index in [-0.39, 0.29) is 11.8 Å². The minimum absolute atomic E-state index is 0.0701. The van der Waals surface area contributed by atoms with Gasteiger partial charge in [-0.1, -0.05) is 30.3 Å². The van der Waals surface area contributed by atoms with Gasteiger partial charge < -0.3 is 14.2 Å². The molecule has 0 aliphatic carbocycles. The van der Waals surface area contributed by atoms with Gasteiger partial charge in [0.05, 0.1) is 17.6 Å². The van der Waals surface area contributed by atoms with Crippen LogP contribution in [0.15, 0.2) is 66.7 Å². The molecular formula is C29H31N3O2. The fourth-order valence-electron chi connectivity index (χ4n) is 5.00. The average molecular weight is 454 g/mol. The van der Waals surface area contributed by atoms with Crippen LogP contribution in [0, 0.1) is 20.8 Å². The summed E-state index contributed by atoms with van der Waals surface area (Å²) < 4.78 is 8.34. The Bertz CT molecular complexity index is 1320. The van der Waals surface area contributed by atoms with E-state index in [1.165, 1.54) is 11.1 Å². The van der Waals surface area contributed by atoms with Gasteiger partial charge in [-0.05, 0) is 80.3 Å². The Balaban J connectivity index is 1.34. The molecule has 1 aliphatic rings. The van der Waals surface area contributed by atoms with E-state index in [4.69, 9.17) is 9.72 Å². The predicted molar refractivity (Wildman–Crippen MR) is 137 cm³/mol. The molecule has 5 nitrogen and oxygen atoms in total. The van der Waals surface area contributed by atoms with Crippen LogP contribution in [-0.2, 0) is 11.3 Å². The number of benzene rings is 3. The van der Waals surface area contributed by atoms with E-state index in [1.54, 1.807) is 0 Å². The van der Waals surface area contributed by atoms with Gasteiger partial charge in [0.15, 0.2) is 0 Å². The van der Waals surface area contributed by atoms with Crippen molar-refractivity contribution in [3.05, 3.63) is 89.2 Å². The van der Waals surface area contributed by atoms with Crippen molar-refractivity contribution in [2.24, 2.45) is 0 Å². The number of imidazole rings is 1. The molecule has 34 heavy (non-hydrogen) atoms. The van der Waals surface area contributed by atoms with Crippen LogP contribution in [0.3, 0.4) is 0 Å². The number of carbonyl (C=O) groups is 1. The molecule has 1 atom stereocenters. The summed E-state index contributed by atoms with van der Waals surface area (Å²) in [5, 5.41) is 0. The molecule has 4 aromatic rings. The monoisotopic (exact) mass is 453 g/mol. The molecule has 1 fully saturated rings. The Morgan fingerprint density at radius 2 is 1.74 bits per heavy atom. The van der Waals surface area contributed by atoms with Crippen LogP contribution in [0.4, 0.5) is 5.69 Å². The van der Waals surface area contributed by atoms with Gasteiger partial charge in [-0.25, -0.2) is 4.98 Å². The zero-order chi connectivity index (χ0) is 23.7. The zero-order valence-corrected chi connectivity index (χ0v) is 20.1. The number of ether oxygens (including phenoxy) is 1. The molecule has 0 saturated carbocycles. The molecule has 2 heterocycles. The van der Waals surface area contributed by atoms with Crippen molar-refractivity contribution in [1.82, 2.24) is 9.55 Å². The minimum atomic E-state index is 0.0701. The van der Waals surface area contributed by atoms with E-state index in [0.717, 1.165) is 46.8 Å². The number of fused-ring (bicyclic) bond motifs is 1. The molecule has 174 valence electrons. The van der Waals surface area contributed by atoms with Crippen molar-refractivity contribution >= 4 is 22.6 Å². The number of para-hydroxylation sites is 2. The average Bonchev–Trinajstić information content (AvgIpc) is 3.36. The highest BCUT2D eigenvalue weighted by Crippen LogP contribution is 2.33. The summed E-state index contributed by atoms with van der Waals surface area (Å²) in [5.41, 5.74) is 6.64. The van der Waals surface area contributed by atoms with Gasteiger partial charge in [0.2, 0.25) is 5.91 Å². The van der Waals surface area contributed by atoms with Gasteiger partial charge in [-0.2, -0.15) is 0 Å². The molecule has 0 spiro atoms. The maximum atomic E-state index is 12.9. The Hall–Kier alpha value is -3.60. The number of rotatable bonds is 7. The SMILES string of the molecule is Cc1cc(C)cc(OCCCn2c(C3CC(=O)N(c4cccc(C)c4)C3)nc3ccccc32)c1. The van der Waals surface area contributed by atoms with E-state index in [1.807, 2.05) is 23.1 Å². The molecule has 1 aromatic heterocycles. The first kappa shape index (κ1) is 22.2. The van der Waals surface area contributed by atoms with Crippen molar-refractivity contribution in [3.8, 4) is 5.75 Å². The number of aromatic nitrogens is 2. The summed E-state index contributed by atoms with van der Waals surface area (Å²) in [6.45, 7) is 8.33. The van der Waals surface area contributed by atoms with E-state index >= 15 is 0 Å². The van der Waals surface area contributed by atoms with E-state index in [0.29, 0.717) is 19.6 Å². The molecule has 1 amide bonds. The van der Waals surface area contributed by atoms with Crippen LogP contribution in [0.25, 0.3) is 11.0 Å². The van der Waals surface area contributed by atoms with Crippen LogP contribution in [0.1, 0.15) is 41.3 Å². The summed E-state index contributed by atoms with van der Waals surface area (Å²) in [5.74, 6) is 2.15. The lowest BCUT2D eigenvalue weighted by atomic mass is 10.1. The Labute approximate surface area is 201 Å². The summed E-state index contributed by atoms with van der Waals surface area (Å²) >= 11 is 0. The van der Waals surface area contributed by atoms with Crippen molar-refractivity contribution in [3.63, 3.8) is 0 Å². The quantitative estimate of drug-likeness (QED) is 0.325. The third-order valence-corrected chi connectivity index (χ3v) is 6.48. The number of hydrogen-bond acceptors (Lipinski definition) is 3. The van der Waals surface area contributed by atoms with Gasteiger partial charge in [0, 0.05) is 31.1 Å². The van der Waals surface area contributed by atoms with E-state index < -0.39 is 0 Å². The van der Waals surface area contributed by atoms with Crippen molar-refractivity contribution in [1.29, 1.82) is 0 Å². The molecule has 0 bridgehead atoms. The standard InChI is InChI=1S/C29H31N3O2/c1-20-8-6-9-24(15-20)32-19-23(18-28(32)33)29-30-26-10-4-5-11-27(26)31(29)12-7-13-34-25-16-21(2)14-22(3)17-25/h4-6,8-11,14-17,23H,7,12-13,18-19H2,1-3H3. The summed E-state index contributed by atoms with van der Waals surface area (Å²) in [6.07, 6.45) is 1.35. The maximum Gasteiger partial charge on any atom is 0.227 e. The highest BCUT2D eigenvalue weighted by Gasteiger charge is 2.34. The first-order valence-electron chi connectivity index (χ1n) is 12.0. The Morgan fingerprint density at radius 3 is 2.53 bits per heavy atom. The van der Waals surface area contributed by atoms with Crippen molar-refractivity contribution in [2.45, 2.75) is 46.1 Å². The van der Waals surface area contributed by atoms with Crippen LogP contribution >= 0.6 is 0 Å². The number of amides is 1. The third-order valence-electron chi connectivity index (χ3n) is 6.48. The molecule has 5 heteroatoms. The predicted octanol–water partition coefficient (Wildman–Crippen LogP) is 5.95. The van der Waals surface area contributed by atoms with Crippen molar-refractivity contribution in [2.75, 3.05) is 18.1 Å². The van der Waals surface area contributed by atoms with Gasteiger partial charge in [0.25, 0.3) is 0 Å². The molecule has 0 N–H and O–H groups in total. The second-order valence-electron chi connectivity index (χ2n) is 9.38. The highest BCUT2D eigenvalue weighted by atomic mass is 16.5. The maximum absolute atomic E-state index is 12.9. The third kappa shape index (κ3) is 4.56. The van der Waals surface area contributed by atoms with Gasteiger partial charge >= 0.3 is 0 Å². The van der Waals surface area contributed by atoms with Gasteiger partial charge in [0.1, 0.15) is 11.6 Å². The smallest absolute Gasteiger partial charge is 0.227 e. The number of anilines is 1. The van der Waals surface area contributed by atoms with Crippen LogP contribution in [0.2, 0.25) is 0 Å². The molecule has 3 aromatic carbocycles. The molecule has 1 saturated heterocycles. The lowest BCUT2D eigenvalue weighted by Gasteiger charge is -2.18. The number of aryl methyl sites for hydroxylation is 4. The first-order valence-corrected chi connectivity index (χ1v) is 12.0. The molecule has 5 rings (SSSR count). The second-order valence-corrected chi connectivity index (χ2v) is 9.38. The molecule has 0 radical (unpaired) electrons. The lowest BCUT2D eigenvalue weighted by molar-refractivity contribution is -0.117. The van der Waals surface area contributed by atoms with Crippen LogP contribution in [0.5, 0.6) is 5.75 Å². The highest BCUT2D eigenvalue weighted by molar-refractivity contribution is 5.96. The van der Waals surface area contributed by atoms with Gasteiger partial charge in [-0.15, -0.1) is 0 Å². The molecule has 1 unspecified atom stereocenters. The van der Waals surface area contributed by atoms with Crippen LogP contribution < -0.4 is 9.64 Å². The largest absolute Gasteiger partial charge is 0.494 e. The van der Waals surface area contributed by atoms with Crippen molar-refractivity contribution < 1.29 is 9.53 Å². The molecule has 1 aliphatic heterocycles. The summed E-state index contributed by atoms with van der Waals surface area (Å²) in [4.78, 5) is 19.8. The fraction of sp³-hybridized carbons (Fsp3) is 0.310. The number of hydrogen-bond donors (Lipinski definition) is 0. The topological polar surface area (TPSA) is 47.4 Å². The number of nitrogens with zero attached hydrogens (tertiary/aromatic N) is 3. The molecular weight excluding hydrogens is 422 g/mol. The number of carbonyl (C=O) groups excluding carboxylic acids is 1.